The highest BCUT2D eigenvalue weighted by atomic mass is 32.1. The summed E-state index contributed by atoms with van der Waals surface area (Å²) in [5.41, 5.74) is 8.45. The largest absolute Gasteiger partial charge is 0.309 e. The Morgan fingerprint density at radius 3 is 2.04 bits per heavy atom. The van der Waals surface area contributed by atoms with Gasteiger partial charge < -0.3 is 4.57 Å². The summed E-state index contributed by atoms with van der Waals surface area (Å²) >= 11 is 3.59. The molecule has 3 nitrogen and oxygen atoms in total. The molecule has 0 amide bonds. The van der Waals surface area contributed by atoms with Gasteiger partial charge in [0.1, 0.15) is 10.3 Å². The van der Waals surface area contributed by atoms with Gasteiger partial charge in [-0.1, -0.05) is 121 Å². The number of hydrogen-bond acceptors (Lipinski definition) is 4. The van der Waals surface area contributed by atoms with E-state index in [1.807, 2.05) is 11.3 Å². The molecule has 4 aromatic heterocycles. The van der Waals surface area contributed by atoms with Crippen molar-refractivity contribution >= 4 is 107 Å². The normalized spacial score (nSPS) is 12.2. The Balaban J connectivity index is 1.15. The number of hydrogen-bond donors (Lipinski definition) is 0. The van der Waals surface area contributed by atoms with Crippen LogP contribution in [0.1, 0.15) is 0 Å². The van der Waals surface area contributed by atoms with Crippen molar-refractivity contribution in [2.45, 2.75) is 0 Å². The van der Waals surface area contributed by atoms with E-state index in [4.69, 9.17) is 9.97 Å². The van der Waals surface area contributed by atoms with E-state index in [-0.39, 0.29) is 0 Å². The Kier molecular flexibility index (Phi) is 6.09. The summed E-state index contributed by atoms with van der Waals surface area (Å²) in [6, 6.07) is 59.3. The Morgan fingerprint density at radius 2 is 1.15 bits per heavy atom. The van der Waals surface area contributed by atoms with Crippen LogP contribution >= 0.6 is 22.7 Å². The van der Waals surface area contributed by atoms with E-state index >= 15 is 0 Å². The van der Waals surface area contributed by atoms with Gasteiger partial charge in [-0.25, -0.2) is 9.97 Å². The first-order valence-corrected chi connectivity index (χ1v) is 19.5. The van der Waals surface area contributed by atoms with E-state index in [9.17, 15) is 0 Å². The van der Waals surface area contributed by atoms with Crippen LogP contribution in [0.2, 0.25) is 0 Å². The van der Waals surface area contributed by atoms with Gasteiger partial charge in [0.15, 0.2) is 0 Å². The molecule has 0 N–H and O–H groups in total. The van der Waals surface area contributed by atoms with E-state index in [1.54, 1.807) is 11.3 Å². The van der Waals surface area contributed by atoms with Crippen LogP contribution in [0.25, 0.3) is 112 Å². The van der Waals surface area contributed by atoms with Crippen LogP contribution in [0, 0.1) is 0 Å². The molecule has 0 aliphatic carbocycles. The molecule has 53 heavy (non-hydrogen) atoms. The zero-order valence-corrected chi connectivity index (χ0v) is 29.9. The molecule has 0 saturated heterocycles. The summed E-state index contributed by atoms with van der Waals surface area (Å²) in [4.78, 5) is 11.8. The van der Waals surface area contributed by atoms with E-state index in [1.165, 1.54) is 62.8 Å². The maximum atomic E-state index is 5.47. The van der Waals surface area contributed by atoms with Gasteiger partial charge in [0.25, 0.3) is 0 Å². The number of nitrogens with zero attached hydrogens (tertiary/aromatic N) is 3. The van der Waals surface area contributed by atoms with E-state index in [0.29, 0.717) is 0 Å². The first kappa shape index (κ1) is 29.2. The zero-order valence-electron chi connectivity index (χ0n) is 28.2. The van der Waals surface area contributed by atoms with E-state index in [0.717, 1.165) is 49.3 Å². The minimum atomic E-state index is 0.899. The van der Waals surface area contributed by atoms with Crippen molar-refractivity contribution in [1.82, 2.24) is 14.5 Å². The first-order chi connectivity index (χ1) is 26.3. The van der Waals surface area contributed by atoms with Crippen LogP contribution in [-0.2, 0) is 0 Å². The predicted molar refractivity (Wildman–Crippen MR) is 228 cm³/mol. The highest BCUT2D eigenvalue weighted by molar-refractivity contribution is 7.26. The third-order valence-corrected chi connectivity index (χ3v) is 13.0. The molecule has 0 atom stereocenters. The minimum Gasteiger partial charge on any atom is -0.309 e. The van der Waals surface area contributed by atoms with Gasteiger partial charge in [0.2, 0.25) is 0 Å². The van der Waals surface area contributed by atoms with Gasteiger partial charge in [0.05, 0.1) is 28.1 Å². The van der Waals surface area contributed by atoms with Crippen molar-refractivity contribution in [3.05, 3.63) is 164 Å². The van der Waals surface area contributed by atoms with Crippen LogP contribution in [0.4, 0.5) is 0 Å². The fourth-order valence-electron chi connectivity index (χ4n) is 8.46. The molecule has 0 saturated carbocycles. The van der Waals surface area contributed by atoms with Gasteiger partial charge >= 0.3 is 0 Å². The maximum absolute atomic E-state index is 5.47. The highest BCUT2D eigenvalue weighted by Gasteiger charge is 2.22. The molecule has 246 valence electrons. The second kappa shape index (κ2) is 11.1. The summed E-state index contributed by atoms with van der Waals surface area (Å²) in [6.45, 7) is 0. The average Bonchev–Trinajstić information content (AvgIpc) is 3.88. The summed E-state index contributed by atoms with van der Waals surface area (Å²) in [5, 5.41) is 11.2. The quantitative estimate of drug-likeness (QED) is 0.183. The van der Waals surface area contributed by atoms with Crippen LogP contribution in [0.5, 0.6) is 0 Å². The van der Waals surface area contributed by atoms with E-state index < -0.39 is 0 Å². The average molecular weight is 710 g/mol. The Labute approximate surface area is 311 Å². The Morgan fingerprint density at radius 1 is 0.415 bits per heavy atom. The molecular formula is C48H27N3S2. The molecule has 0 aliphatic heterocycles. The van der Waals surface area contributed by atoms with Crippen LogP contribution in [-0.4, -0.2) is 14.5 Å². The molecule has 0 fully saturated rings. The molecule has 12 rings (SSSR count). The molecule has 0 unspecified atom stereocenters. The molecule has 0 radical (unpaired) electrons. The second-order valence-electron chi connectivity index (χ2n) is 13.7. The molecule has 12 aromatic rings. The summed E-state index contributed by atoms with van der Waals surface area (Å²) in [5.74, 6) is 0. The molecule has 0 aliphatic rings. The number of thiophene rings is 2. The third kappa shape index (κ3) is 4.20. The van der Waals surface area contributed by atoms with Gasteiger partial charge in [-0.05, 0) is 58.6 Å². The third-order valence-electron chi connectivity index (χ3n) is 10.8. The Bertz CT molecular complexity index is 3460. The van der Waals surface area contributed by atoms with Crippen molar-refractivity contribution in [3.8, 4) is 28.2 Å². The lowest BCUT2D eigenvalue weighted by molar-refractivity contribution is 1.20. The maximum Gasteiger partial charge on any atom is 0.143 e. The number of fused-ring (bicyclic) bond motifs is 12. The molecule has 0 spiro atoms. The first-order valence-electron chi connectivity index (χ1n) is 17.8. The molecular weight excluding hydrogens is 683 g/mol. The standard InChI is InChI=1S/C48H27N3S2/c1-2-13-29(14-3-1)45-46(49-47-35-19-9-11-21-41(35)53-48(47)50-45)34-23-24-39(32-17-7-6-16-31(32)34)51-38-20-10-8-18-33(38)36-26-37-43(27-40(36)51)52-42-25-22-28-12-4-5-15-30(28)44(37)42/h1-27H. The zero-order chi connectivity index (χ0) is 34.6. The number of aromatic nitrogens is 3. The van der Waals surface area contributed by atoms with Gasteiger partial charge in [-0.15, -0.1) is 22.7 Å². The number of para-hydroxylation sites is 1. The fraction of sp³-hybridized carbons (Fsp3) is 0. The minimum absolute atomic E-state index is 0.899. The van der Waals surface area contributed by atoms with Crippen molar-refractivity contribution in [1.29, 1.82) is 0 Å². The van der Waals surface area contributed by atoms with Crippen molar-refractivity contribution in [2.75, 3.05) is 0 Å². The smallest absolute Gasteiger partial charge is 0.143 e. The van der Waals surface area contributed by atoms with E-state index in [2.05, 4.69) is 168 Å². The molecule has 4 heterocycles. The molecule has 0 bridgehead atoms. The van der Waals surface area contributed by atoms with Gasteiger partial charge in [0, 0.05) is 57.5 Å². The van der Waals surface area contributed by atoms with Crippen LogP contribution in [0.15, 0.2) is 164 Å². The number of rotatable bonds is 3. The highest BCUT2D eigenvalue weighted by Crippen LogP contribution is 2.45. The van der Waals surface area contributed by atoms with Crippen LogP contribution < -0.4 is 0 Å². The summed E-state index contributed by atoms with van der Waals surface area (Å²) in [7, 11) is 0. The lowest BCUT2D eigenvalue weighted by atomic mass is 9.97. The van der Waals surface area contributed by atoms with Gasteiger partial charge in [-0.3, -0.25) is 0 Å². The topological polar surface area (TPSA) is 30.7 Å². The molecule has 5 heteroatoms. The number of benzene rings is 8. The van der Waals surface area contributed by atoms with Crippen LogP contribution in [0.3, 0.4) is 0 Å². The van der Waals surface area contributed by atoms with Crippen molar-refractivity contribution in [3.63, 3.8) is 0 Å². The SMILES string of the molecule is c1ccc(-c2nc3sc4ccccc4c3nc2-c2ccc(-n3c4ccccc4c4cc5c(cc43)sc3ccc4ccccc4c35)c3ccccc23)cc1. The lowest BCUT2D eigenvalue weighted by Crippen LogP contribution is -1.98. The lowest BCUT2D eigenvalue weighted by Gasteiger charge is -2.16. The summed E-state index contributed by atoms with van der Waals surface area (Å²) in [6.07, 6.45) is 0. The summed E-state index contributed by atoms with van der Waals surface area (Å²) < 4.78 is 6.29. The fourth-order valence-corrected chi connectivity index (χ4v) is 10.6. The monoisotopic (exact) mass is 709 g/mol. The predicted octanol–water partition coefficient (Wildman–Crippen LogP) is 13.9. The molecule has 8 aromatic carbocycles. The van der Waals surface area contributed by atoms with Crippen molar-refractivity contribution in [2.24, 2.45) is 0 Å². The van der Waals surface area contributed by atoms with Gasteiger partial charge in [-0.2, -0.15) is 0 Å². The van der Waals surface area contributed by atoms with Crippen molar-refractivity contribution < 1.29 is 0 Å². The second-order valence-corrected chi connectivity index (χ2v) is 15.8. The Hall–Kier alpha value is -6.40.